The van der Waals surface area contributed by atoms with Crippen molar-refractivity contribution in [2.75, 3.05) is 0 Å². The number of rotatable bonds is 0. The van der Waals surface area contributed by atoms with E-state index in [0.717, 1.165) is 6.42 Å². The largest absolute Gasteiger partial charge is 0.313 e. The summed E-state index contributed by atoms with van der Waals surface area (Å²) in [5.74, 6) is 0. The molecular formula is C7H10IN. The van der Waals surface area contributed by atoms with Gasteiger partial charge in [0.1, 0.15) is 0 Å². The van der Waals surface area contributed by atoms with Crippen molar-refractivity contribution in [2.45, 2.75) is 35.6 Å². The van der Waals surface area contributed by atoms with Crippen molar-refractivity contribution in [3.8, 4) is 0 Å². The molecule has 9 heavy (non-hydrogen) atoms. The standard InChI is InChI=1S/C7H10IN/c1-9-7-5-3-2-4-6(7)8/h6-7H,2-5H2. The molecule has 1 aliphatic carbocycles. The Balaban J connectivity index is 2.41. The van der Waals surface area contributed by atoms with E-state index in [2.05, 4.69) is 27.4 Å². The van der Waals surface area contributed by atoms with Crippen LogP contribution in [0.15, 0.2) is 0 Å². The van der Waals surface area contributed by atoms with E-state index in [4.69, 9.17) is 6.57 Å². The van der Waals surface area contributed by atoms with Crippen molar-refractivity contribution in [3.05, 3.63) is 11.4 Å². The molecule has 0 aromatic rings. The van der Waals surface area contributed by atoms with Gasteiger partial charge in [-0.1, -0.05) is 29.0 Å². The van der Waals surface area contributed by atoms with Gasteiger partial charge in [-0.3, -0.25) is 0 Å². The molecule has 2 heteroatoms. The van der Waals surface area contributed by atoms with Gasteiger partial charge in [0.15, 0.2) is 0 Å². The molecule has 1 saturated carbocycles. The average Bonchev–Trinajstić information content (AvgIpc) is 1.89. The molecule has 50 valence electrons. The summed E-state index contributed by atoms with van der Waals surface area (Å²) in [6, 6.07) is 0.333. The van der Waals surface area contributed by atoms with Crippen LogP contribution in [0.3, 0.4) is 0 Å². The molecule has 1 aliphatic rings. The number of hydrogen-bond acceptors (Lipinski definition) is 0. The van der Waals surface area contributed by atoms with E-state index in [-0.39, 0.29) is 0 Å². The lowest BCUT2D eigenvalue weighted by Crippen LogP contribution is -2.20. The molecule has 1 nitrogen and oxygen atoms in total. The zero-order chi connectivity index (χ0) is 6.69. The minimum atomic E-state index is 0.333. The Bertz CT molecular complexity index is 127. The van der Waals surface area contributed by atoms with Crippen LogP contribution in [0, 0.1) is 6.57 Å². The van der Waals surface area contributed by atoms with Crippen LogP contribution in [0.25, 0.3) is 4.85 Å². The van der Waals surface area contributed by atoms with Gasteiger partial charge in [0.05, 0.1) is 3.92 Å². The minimum absolute atomic E-state index is 0.333. The van der Waals surface area contributed by atoms with Crippen LogP contribution in [0.4, 0.5) is 0 Å². The van der Waals surface area contributed by atoms with E-state index in [1.54, 1.807) is 0 Å². The number of nitrogens with zero attached hydrogens (tertiary/aromatic N) is 1. The van der Waals surface area contributed by atoms with E-state index in [1.165, 1.54) is 19.3 Å². The van der Waals surface area contributed by atoms with Crippen LogP contribution in [-0.2, 0) is 0 Å². The predicted molar refractivity (Wildman–Crippen MR) is 46.7 cm³/mol. The molecule has 0 aromatic heterocycles. The molecule has 1 rings (SSSR count). The van der Waals surface area contributed by atoms with Gasteiger partial charge in [-0.25, -0.2) is 6.57 Å². The average molecular weight is 235 g/mol. The third-order valence-corrected chi connectivity index (χ3v) is 3.27. The van der Waals surface area contributed by atoms with Crippen molar-refractivity contribution in [1.29, 1.82) is 0 Å². The first-order valence-electron chi connectivity index (χ1n) is 3.35. The fraction of sp³-hybridized carbons (Fsp3) is 0.857. The smallest absolute Gasteiger partial charge is 0.235 e. The number of halogens is 1. The minimum Gasteiger partial charge on any atom is -0.313 e. The first-order chi connectivity index (χ1) is 4.34. The maximum absolute atomic E-state index is 6.85. The normalized spacial score (nSPS) is 35.6. The molecule has 0 spiro atoms. The highest BCUT2D eigenvalue weighted by Gasteiger charge is 2.26. The quantitative estimate of drug-likeness (QED) is 0.345. The summed E-state index contributed by atoms with van der Waals surface area (Å²) < 4.78 is 0.633. The predicted octanol–water partition coefficient (Wildman–Crippen LogP) is 2.65. The molecule has 0 radical (unpaired) electrons. The molecule has 0 aromatic carbocycles. The van der Waals surface area contributed by atoms with E-state index in [9.17, 15) is 0 Å². The summed E-state index contributed by atoms with van der Waals surface area (Å²) >= 11 is 2.41. The lowest BCUT2D eigenvalue weighted by atomic mass is 9.96. The molecule has 2 atom stereocenters. The summed E-state index contributed by atoms with van der Waals surface area (Å²) in [7, 11) is 0. The Hall–Kier alpha value is 0.220. The van der Waals surface area contributed by atoms with Gasteiger partial charge >= 0.3 is 0 Å². The molecule has 0 aliphatic heterocycles. The Labute approximate surface area is 69.8 Å². The number of hydrogen-bond donors (Lipinski definition) is 0. The van der Waals surface area contributed by atoms with E-state index >= 15 is 0 Å². The fourth-order valence-electron chi connectivity index (χ4n) is 1.21. The zero-order valence-corrected chi connectivity index (χ0v) is 7.47. The van der Waals surface area contributed by atoms with Gasteiger partial charge in [-0.15, -0.1) is 0 Å². The summed E-state index contributed by atoms with van der Waals surface area (Å²) in [6.07, 6.45) is 5.00. The molecular weight excluding hydrogens is 225 g/mol. The van der Waals surface area contributed by atoms with Crippen LogP contribution >= 0.6 is 22.6 Å². The van der Waals surface area contributed by atoms with Gasteiger partial charge in [-0.05, 0) is 12.8 Å². The third-order valence-electron chi connectivity index (χ3n) is 1.81. The van der Waals surface area contributed by atoms with E-state index < -0.39 is 0 Å². The maximum Gasteiger partial charge on any atom is 0.235 e. The Kier molecular flexibility index (Phi) is 2.77. The van der Waals surface area contributed by atoms with Crippen molar-refractivity contribution >= 4 is 22.6 Å². The molecule has 0 amide bonds. The van der Waals surface area contributed by atoms with Crippen LogP contribution in [0.5, 0.6) is 0 Å². The molecule has 0 heterocycles. The summed E-state index contributed by atoms with van der Waals surface area (Å²) in [5, 5.41) is 0. The van der Waals surface area contributed by atoms with Crippen LogP contribution in [-0.4, -0.2) is 9.97 Å². The number of alkyl halides is 1. The van der Waals surface area contributed by atoms with Gasteiger partial charge in [0, 0.05) is 6.42 Å². The Morgan fingerprint density at radius 3 is 2.44 bits per heavy atom. The fourth-order valence-corrected chi connectivity index (χ4v) is 2.17. The van der Waals surface area contributed by atoms with E-state index in [0.29, 0.717) is 9.97 Å². The second-order valence-corrected chi connectivity index (χ2v) is 4.10. The van der Waals surface area contributed by atoms with Crippen molar-refractivity contribution in [2.24, 2.45) is 0 Å². The van der Waals surface area contributed by atoms with Crippen molar-refractivity contribution in [3.63, 3.8) is 0 Å². The highest BCUT2D eigenvalue weighted by atomic mass is 127. The van der Waals surface area contributed by atoms with Gasteiger partial charge in [-0.2, -0.15) is 0 Å². The van der Waals surface area contributed by atoms with Crippen LogP contribution in [0.1, 0.15) is 25.7 Å². The maximum atomic E-state index is 6.85. The molecule has 0 N–H and O–H groups in total. The van der Waals surface area contributed by atoms with Crippen LogP contribution < -0.4 is 0 Å². The first-order valence-corrected chi connectivity index (χ1v) is 4.60. The van der Waals surface area contributed by atoms with Gasteiger partial charge in [0.2, 0.25) is 6.04 Å². The second kappa shape index (κ2) is 3.40. The van der Waals surface area contributed by atoms with Gasteiger partial charge in [0.25, 0.3) is 0 Å². The third kappa shape index (κ3) is 1.82. The first kappa shape index (κ1) is 7.33. The monoisotopic (exact) mass is 235 g/mol. The summed E-state index contributed by atoms with van der Waals surface area (Å²) in [6.45, 7) is 6.85. The lowest BCUT2D eigenvalue weighted by molar-refractivity contribution is 0.504. The SMILES string of the molecule is [C-]#[N+]C1CCCCC1I. The molecule has 0 bridgehead atoms. The summed E-state index contributed by atoms with van der Waals surface area (Å²) in [5.41, 5.74) is 0. The highest BCUT2D eigenvalue weighted by molar-refractivity contribution is 14.1. The van der Waals surface area contributed by atoms with E-state index in [1.807, 2.05) is 0 Å². The zero-order valence-electron chi connectivity index (χ0n) is 5.31. The second-order valence-electron chi connectivity index (χ2n) is 2.50. The molecule has 2 unspecified atom stereocenters. The topological polar surface area (TPSA) is 4.36 Å². The Morgan fingerprint density at radius 1 is 1.33 bits per heavy atom. The molecule has 0 saturated heterocycles. The summed E-state index contributed by atoms with van der Waals surface area (Å²) in [4.78, 5) is 3.57. The lowest BCUT2D eigenvalue weighted by Gasteiger charge is -2.17. The Morgan fingerprint density at radius 2 is 2.00 bits per heavy atom. The van der Waals surface area contributed by atoms with Gasteiger partial charge < -0.3 is 4.85 Å². The molecule has 1 fully saturated rings. The van der Waals surface area contributed by atoms with Crippen LogP contribution in [0.2, 0.25) is 0 Å². The highest BCUT2D eigenvalue weighted by Crippen LogP contribution is 2.26. The van der Waals surface area contributed by atoms with Crippen molar-refractivity contribution in [1.82, 2.24) is 0 Å². The van der Waals surface area contributed by atoms with Crippen molar-refractivity contribution < 1.29 is 0 Å².